The number of aliphatic hydroxyl groups excluding tert-OH is 1. The van der Waals surface area contributed by atoms with E-state index < -0.39 is 0 Å². The first kappa shape index (κ1) is 18.1. The summed E-state index contributed by atoms with van der Waals surface area (Å²) in [6, 6.07) is 7.56. The van der Waals surface area contributed by atoms with Crippen LogP contribution in [-0.2, 0) is 0 Å². The van der Waals surface area contributed by atoms with Crippen LogP contribution in [0.3, 0.4) is 0 Å². The lowest BCUT2D eigenvalue weighted by Gasteiger charge is -2.29. The Kier molecular flexibility index (Phi) is 5.93. The third-order valence-corrected chi connectivity index (χ3v) is 4.47. The van der Waals surface area contributed by atoms with Gasteiger partial charge in [0.25, 0.3) is 0 Å². The molecule has 2 atom stereocenters. The summed E-state index contributed by atoms with van der Waals surface area (Å²) in [5.41, 5.74) is 1.16. The number of rotatable bonds is 4. The largest absolute Gasteiger partial charge is 0.396 e. The van der Waals surface area contributed by atoms with Gasteiger partial charge in [0, 0.05) is 30.6 Å². The Bertz CT molecular complexity index is 525. The smallest absolute Gasteiger partial charge is 0.317 e. The van der Waals surface area contributed by atoms with Gasteiger partial charge in [0.15, 0.2) is 0 Å². The quantitative estimate of drug-likeness (QED) is 0.876. The van der Waals surface area contributed by atoms with E-state index >= 15 is 0 Å². The molecule has 0 aliphatic carbocycles. The van der Waals surface area contributed by atoms with Crippen molar-refractivity contribution in [3.8, 4) is 0 Å². The molecule has 128 valence electrons. The van der Waals surface area contributed by atoms with Gasteiger partial charge in [0.2, 0.25) is 0 Å². The molecule has 1 fully saturated rings. The zero-order chi connectivity index (χ0) is 17.0. The minimum absolute atomic E-state index is 0.0482. The molecule has 1 heterocycles. The highest BCUT2D eigenvalue weighted by molar-refractivity contribution is 6.30. The van der Waals surface area contributed by atoms with Crippen LogP contribution in [0.1, 0.15) is 45.2 Å². The summed E-state index contributed by atoms with van der Waals surface area (Å²) in [5, 5.41) is 13.1. The van der Waals surface area contributed by atoms with E-state index in [2.05, 4.69) is 26.1 Å². The van der Waals surface area contributed by atoms with Gasteiger partial charge in [0.1, 0.15) is 0 Å². The van der Waals surface area contributed by atoms with Gasteiger partial charge in [-0.2, -0.15) is 0 Å². The van der Waals surface area contributed by atoms with Crippen LogP contribution in [0.2, 0.25) is 5.02 Å². The maximum atomic E-state index is 12.6. The van der Waals surface area contributed by atoms with Gasteiger partial charge >= 0.3 is 6.03 Å². The molecule has 1 aliphatic heterocycles. The molecule has 0 bridgehead atoms. The average molecular weight is 339 g/mol. The lowest BCUT2D eigenvalue weighted by Crippen LogP contribution is -2.41. The van der Waals surface area contributed by atoms with Crippen LogP contribution in [0.25, 0.3) is 0 Å². The summed E-state index contributed by atoms with van der Waals surface area (Å²) >= 11 is 5.97. The predicted octanol–water partition coefficient (Wildman–Crippen LogP) is 3.84. The molecule has 5 heteroatoms. The van der Waals surface area contributed by atoms with Crippen molar-refractivity contribution >= 4 is 17.6 Å². The highest BCUT2D eigenvalue weighted by Crippen LogP contribution is 2.30. The number of carbonyl (C=O) groups is 1. The number of urea groups is 1. The first-order valence-corrected chi connectivity index (χ1v) is 8.58. The van der Waals surface area contributed by atoms with E-state index in [1.54, 1.807) is 4.90 Å². The number of hydrogen-bond donors (Lipinski definition) is 2. The Balaban J connectivity index is 2.08. The Morgan fingerprint density at radius 2 is 2.04 bits per heavy atom. The zero-order valence-corrected chi connectivity index (χ0v) is 14.9. The summed E-state index contributed by atoms with van der Waals surface area (Å²) in [7, 11) is 0. The third-order valence-electron chi connectivity index (χ3n) is 4.22. The number of amides is 2. The van der Waals surface area contributed by atoms with Crippen molar-refractivity contribution in [1.29, 1.82) is 0 Å². The fourth-order valence-corrected chi connectivity index (χ4v) is 3.09. The molecule has 1 aromatic carbocycles. The topological polar surface area (TPSA) is 52.6 Å². The molecule has 23 heavy (non-hydrogen) atoms. The lowest BCUT2D eigenvalue weighted by molar-refractivity contribution is 0.190. The molecule has 0 saturated carbocycles. The van der Waals surface area contributed by atoms with Gasteiger partial charge in [-0.25, -0.2) is 4.79 Å². The second kappa shape index (κ2) is 7.54. The Morgan fingerprint density at radius 3 is 2.57 bits per heavy atom. The Morgan fingerprint density at radius 1 is 1.39 bits per heavy atom. The second-order valence-electron chi connectivity index (χ2n) is 7.60. The van der Waals surface area contributed by atoms with Gasteiger partial charge in [-0.15, -0.1) is 0 Å². The van der Waals surface area contributed by atoms with Crippen LogP contribution >= 0.6 is 11.6 Å². The lowest BCUT2D eigenvalue weighted by atomic mass is 9.85. The SMILES string of the molecule is CC(C)(C)CC(NC(=O)N1CCC(CO)C1)c1ccc(Cl)cc1. The molecule has 4 nitrogen and oxygen atoms in total. The molecular weight excluding hydrogens is 312 g/mol. The minimum Gasteiger partial charge on any atom is -0.396 e. The predicted molar refractivity (Wildman–Crippen MR) is 93.6 cm³/mol. The van der Waals surface area contributed by atoms with Crippen molar-refractivity contribution in [2.75, 3.05) is 19.7 Å². The molecule has 0 spiro atoms. The van der Waals surface area contributed by atoms with E-state index in [-0.39, 0.29) is 30.0 Å². The van der Waals surface area contributed by atoms with E-state index in [4.69, 9.17) is 11.6 Å². The number of nitrogens with one attached hydrogen (secondary N) is 1. The fraction of sp³-hybridized carbons (Fsp3) is 0.611. The number of likely N-dealkylation sites (tertiary alicyclic amines) is 1. The molecule has 2 unspecified atom stereocenters. The van der Waals surface area contributed by atoms with Crippen LogP contribution in [-0.4, -0.2) is 35.7 Å². The molecule has 2 rings (SSSR count). The van der Waals surface area contributed by atoms with Crippen LogP contribution in [0.4, 0.5) is 4.79 Å². The van der Waals surface area contributed by atoms with Crippen LogP contribution in [0, 0.1) is 11.3 Å². The van der Waals surface area contributed by atoms with Gasteiger partial charge < -0.3 is 15.3 Å². The van der Waals surface area contributed by atoms with Crippen molar-refractivity contribution in [1.82, 2.24) is 10.2 Å². The summed E-state index contributed by atoms with van der Waals surface area (Å²) in [6.07, 6.45) is 1.71. The van der Waals surface area contributed by atoms with Gasteiger partial charge in [-0.1, -0.05) is 44.5 Å². The Labute approximate surface area is 143 Å². The van der Waals surface area contributed by atoms with Crippen molar-refractivity contribution in [2.45, 2.75) is 39.7 Å². The first-order chi connectivity index (χ1) is 10.8. The molecule has 0 aromatic heterocycles. The van der Waals surface area contributed by atoms with Crippen molar-refractivity contribution in [3.05, 3.63) is 34.9 Å². The van der Waals surface area contributed by atoms with Crippen molar-refractivity contribution in [3.63, 3.8) is 0 Å². The minimum atomic E-state index is -0.0508. The summed E-state index contributed by atoms with van der Waals surface area (Å²) in [6.45, 7) is 7.98. The second-order valence-corrected chi connectivity index (χ2v) is 8.04. The van der Waals surface area contributed by atoms with E-state index in [0.717, 1.165) is 18.4 Å². The maximum absolute atomic E-state index is 12.6. The maximum Gasteiger partial charge on any atom is 0.317 e. The standard InChI is InChI=1S/C18H27ClN2O2/c1-18(2,3)10-16(14-4-6-15(19)7-5-14)20-17(23)21-9-8-13(11-21)12-22/h4-7,13,16,22H,8-12H2,1-3H3,(H,20,23). The summed E-state index contributed by atoms with van der Waals surface area (Å²) in [5.74, 6) is 0.206. The molecule has 1 aliphatic rings. The normalized spacial score (nSPS) is 19.7. The summed E-state index contributed by atoms with van der Waals surface area (Å²) in [4.78, 5) is 14.3. The molecular formula is C18H27ClN2O2. The van der Waals surface area contributed by atoms with Crippen molar-refractivity contribution < 1.29 is 9.90 Å². The van der Waals surface area contributed by atoms with E-state index in [1.807, 2.05) is 24.3 Å². The number of aliphatic hydroxyl groups is 1. The van der Waals surface area contributed by atoms with E-state index in [1.165, 1.54) is 0 Å². The molecule has 2 amide bonds. The molecule has 0 radical (unpaired) electrons. The number of hydrogen-bond acceptors (Lipinski definition) is 2. The average Bonchev–Trinajstić information content (AvgIpc) is 2.95. The molecule has 2 N–H and O–H groups in total. The highest BCUT2D eigenvalue weighted by atomic mass is 35.5. The van der Waals surface area contributed by atoms with Crippen LogP contribution in [0.15, 0.2) is 24.3 Å². The number of carbonyl (C=O) groups excluding carboxylic acids is 1. The summed E-state index contributed by atoms with van der Waals surface area (Å²) < 4.78 is 0. The number of benzene rings is 1. The van der Waals surface area contributed by atoms with Gasteiger partial charge in [0.05, 0.1) is 6.04 Å². The van der Waals surface area contributed by atoms with Gasteiger partial charge in [-0.05, 0) is 36.0 Å². The highest BCUT2D eigenvalue weighted by Gasteiger charge is 2.28. The zero-order valence-electron chi connectivity index (χ0n) is 14.2. The molecule has 1 saturated heterocycles. The van der Waals surface area contributed by atoms with Gasteiger partial charge in [-0.3, -0.25) is 0 Å². The third kappa shape index (κ3) is 5.40. The van der Waals surface area contributed by atoms with Crippen LogP contribution < -0.4 is 5.32 Å². The first-order valence-electron chi connectivity index (χ1n) is 8.20. The van der Waals surface area contributed by atoms with E-state index in [0.29, 0.717) is 18.1 Å². The number of nitrogens with zero attached hydrogens (tertiary/aromatic N) is 1. The van der Waals surface area contributed by atoms with E-state index in [9.17, 15) is 9.90 Å². The fourth-order valence-electron chi connectivity index (χ4n) is 2.97. The van der Waals surface area contributed by atoms with Crippen LogP contribution in [0.5, 0.6) is 0 Å². The monoisotopic (exact) mass is 338 g/mol. The van der Waals surface area contributed by atoms with Crippen molar-refractivity contribution in [2.24, 2.45) is 11.3 Å². The Hall–Kier alpha value is -1.26. The number of halogens is 1. The molecule has 1 aromatic rings.